The van der Waals surface area contributed by atoms with Crippen LogP contribution in [-0.4, -0.2) is 60.9 Å². The van der Waals surface area contributed by atoms with Gasteiger partial charge in [0.25, 0.3) is 0 Å². The first kappa shape index (κ1) is 20.0. The fourth-order valence-electron chi connectivity index (χ4n) is 3.14. The fraction of sp³-hybridized carbons (Fsp3) is 0.333. The summed E-state index contributed by atoms with van der Waals surface area (Å²) in [7, 11) is 0. The Bertz CT molecular complexity index is 775. The van der Waals surface area contributed by atoms with Gasteiger partial charge in [0, 0.05) is 51.5 Å². The summed E-state index contributed by atoms with van der Waals surface area (Å²) in [6.45, 7) is 5.90. The molecule has 1 heterocycles. The molecular weight excluding hydrogens is 359 g/mol. The Morgan fingerprint density at radius 1 is 0.857 bits per heavy atom. The minimum Gasteiger partial charge on any atom is -0.347 e. The molecule has 2 aromatic rings. The Morgan fingerprint density at radius 3 is 2.18 bits per heavy atom. The molecule has 0 aromatic heterocycles. The lowest BCUT2D eigenvalue weighted by molar-refractivity contribution is -0.136. The molecular formula is C21H25FN4O2. The molecule has 1 aliphatic heterocycles. The molecule has 1 saturated heterocycles. The maximum atomic E-state index is 12.9. The number of halogens is 1. The third-order valence-corrected chi connectivity index (χ3v) is 4.74. The first-order valence-electron chi connectivity index (χ1n) is 9.43. The van der Waals surface area contributed by atoms with Crippen LogP contribution >= 0.6 is 0 Å². The molecule has 2 amide bonds. The van der Waals surface area contributed by atoms with Gasteiger partial charge in [-0.15, -0.1) is 0 Å². The highest BCUT2D eigenvalue weighted by Gasteiger charge is 2.18. The maximum Gasteiger partial charge on any atom is 0.313 e. The minimum atomic E-state index is -0.751. The van der Waals surface area contributed by atoms with Gasteiger partial charge in [-0.2, -0.15) is 0 Å². The Labute approximate surface area is 164 Å². The van der Waals surface area contributed by atoms with Crippen LogP contribution in [0.15, 0.2) is 54.6 Å². The Morgan fingerprint density at radius 2 is 1.50 bits per heavy atom. The van der Waals surface area contributed by atoms with Gasteiger partial charge in [-0.3, -0.25) is 19.4 Å². The summed E-state index contributed by atoms with van der Waals surface area (Å²) in [6, 6.07) is 15.7. The lowest BCUT2D eigenvalue weighted by Crippen LogP contribution is -2.48. The molecule has 0 radical (unpaired) electrons. The van der Waals surface area contributed by atoms with Gasteiger partial charge in [-0.05, 0) is 29.8 Å². The van der Waals surface area contributed by atoms with Gasteiger partial charge in [0.05, 0.1) is 0 Å². The Kier molecular flexibility index (Phi) is 7.11. The topological polar surface area (TPSA) is 64.7 Å². The van der Waals surface area contributed by atoms with Gasteiger partial charge >= 0.3 is 11.8 Å². The summed E-state index contributed by atoms with van der Waals surface area (Å²) in [5.74, 6) is -1.84. The predicted octanol–water partition coefficient (Wildman–Crippen LogP) is 1.70. The largest absolute Gasteiger partial charge is 0.347 e. The molecule has 0 unspecified atom stereocenters. The quantitative estimate of drug-likeness (QED) is 0.744. The van der Waals surface area contributed by atoms with Crippen LogP contribution in [0.5, 0.6) is 0 Å². The molecule has 0 saturated carbocycles. The van der Waals surface area contributed by atoms with E-state index in [-0.39, 0.29) is 0 Å². The second-order valence-corrected chi connectivity index (χ2v) is 6.82. The minimum absolute atomic E-state index is 0.385. The molecule has 1 aliphatic rings. The van der Waals surface area contributed by atoms with Gasteiger partial charge in [0.1, 0.15) is 5.82 Å². The van der Waals surface area contributed by atoms with E-state index < -0.39 is 17.6 Å². The average Bonchev–Trinajstić information content (AvgIpc) is 2.71. The smallest absolute Gasteiger partial charge is 0.313 e. The fourth-order valence-corrected chi connectivity index (χ4v) is 3.14. The summed E-state index contributed by atoms with van der Waals surface area (Å²) in [5.41, 5.74) is 1.70. The van der Waals surface area contributed by atoms with Crippen LogP contribution in [0.4, 0.5) is 10.1 Å². The number of piperazine rings is 1. The summed E-state index contributed by atoms with van der Waals surface area (Å²) >= 11 is 0. The van der Waals surface area contributed by atoms with Crippen molar-refractivity contribution in [3.63, 3.8) is 0 Å². The van der Waals surface area contributed by atoms with E-state index in [9.17, 15) is 14.0 Å². The van der Waals surface area contributed by atoms with Crippen molar-refractivity contribution in [1.29, 1.82) is 0 Å². The SMILES string of the molecule is O=C(NCCN1CCN(Cc2ccccc2)CC1)C(=O)Nc1ccc(F)cc1. The molecule has 28 heavy (non-hydrogen) atoms. The predicted molar refractivity (Wildman–Crippen MR) is 106 cm³/mol. The number of nitrogens with one attached hydrogen (secondary N) is 2. The van der Waals surface area contributed by atoms with Crippen molar-refractivity contribution in [1.82, 2.24) is 15.1 Å². The van der Waals surface area contributed by atoms with E-state index in [0.29, 0.717) is 18.8 Å². The molecule has 2 aromatic carbocycles. The van der Waals surface area contributed by atoms with E-state index in [1.54, 1.807) is 0 Å². The van der Waals surface area contributed by atoms with Crippen molar-refractivity contribution < 1.29 is 14.0 Å². The second-order valence-electron chi connectivity index (χ2n) is 6.82. The van der Waals surface area contributed by atoms with Crippen LogP contribution in [0.2, 0.25) is 0 Å². The molecule has 2 N–H and O–H groups in total. The summed E-state index contributed by atoms with van der Waals surface area (Å²) in [4.78, 5) is 28.4. The van der Waals surface area contributed by atoms with E-state index in [4.69, 9.17) is 0 Å². The number of nitrogens with zero attached hydrogens (tertiary/aromatic N) is 2. The van der Waals surface area contributed by atoms with Crippen LogP contribution in [0.1, 0.15) is 5.56 Å². The highest BCUT2D eigenvalue weighted by Crippen LogP contribution is 2.09. The van der Waals surface area contributed by atoms with Gasteiger partial charge in [-0.25, -0.2) is 4.39 Å². The van der Waals surface area contributed by atoms with Gasteiger partial charge < -0.3 is 10.6 Å². The van der Waals surface area contributed by atoms with E-state index >= 15 is 0 Å². The molecule has 148 valence electrons. The van der Waals surface area contributed by atoms with Crippen LogP contribution in [-0.2, 0) is 16.1 Å². The normalized spacial score (nSPS) is 15.2. The van der Waals surface area contributed by atoms with Crippen molar-refractivity contribution in [2.75, 3.05) is 44.6 Å². The molecule has 0 aliphatic carbocycles. The van der Waals surface area contributed by atoms with Crippen molar-refractivity contribution in [3.05, 3.63) is 66.0 Å². The second kappa shape index (κ2) is 9.96. The lowest BCUT2D eigenvalue weighted by Gasteiger charge is -2.34. The number of hydrogen-bond donors (Lipinski definition) is 2. The van der Waals surface area contributed by atoms with E-state index in [0.717, 1.165) is 32.7 Å². The standard InChI is InChI=1S/C21H25FN4O2/c22-18-6-8-19(9-7-18)24-21(28)20(27)23-10-11-25-12-14-26(15-13-25)16-17-4-2-1-3-5-17/h1-9H,10-16H2,(H,23,27)(H,24,28). The van der Waals surface area contributed by atoms with Crippen molar-refractivity contribution in [3.8, 4) is 0 Å². The monoisotopic (exact) mass is 384 g/mol. The number of carbonyl (C=O) groups excluding carboxylic acids is 2. The molecule has 0 bridgehead atoms. The van der Waals surface area contributed by atoms with Crippen LogP contribution in [0.3, 0.4) is 0 Å². The molecule has 7 heteroatoms. The number of rotatable bonds is 6. The highest BCUT2D eigenvalue weighted by molar-refractivity contribution is 6.39. The summed E-state index contributed by atoms with van der Waals surface area (Å²) < 4.78 is 12.9. The zero-order valence-corrected chi connectivity index (χ0v) is 15.7. The number of amides is 2. The number of hydrogen-bond acceptors (Lipinski definition) is 4. The summed E-state index contributed by atoms with van der Waals surface area (Å²) in [6.07, 6.45) is 0. The van der Waals surface area contributed by atoms with Gasteiger partial charge in [0.15, 0.2) is 0 Å². The van der Waals surface area contributed by atoms with Crippen molar-refractivity contribution in [2.45, 2.75) is 6.54 Å². The van der Waals surface area contributed by atoms with Gasteiger partial charge in [-0.1, -0.05) is 30.3 Å². The highest BCUT2D eigenvalue weighted by atomic mass is 19.1. The molecule has 0 spiro atoms. The van der Waals surface area contributed by atoms with Gasteiger partial charge in [0.2, 0.25) is 0 Å². The molecule has 3 rings (SSSR count). The molecule has 1 fully saturated rings. The Hall–Kier alpha value is -2.77. The van der Waals surface area contributed by atoms with E-state index in [2.05, 4.69) is 44.7 Å². The number of benzene rings is 2. The van der Waals surface area contributed by atoms with Crippen molar-refractivity contribution in [2.24, 2.45) is 0 Å². The zero-order chi connectivity index (χ0) is 19.8. The lowest BCUT2D eigenvalue weighted by atomic mass is 10.2. The van der Waals surface area contributed by atoms with Crippen LogP contribution in [0, 0.1) is 5.82 Å². The number of carbonyl (C=O) groups is 2. The third kappa shape index (κ3) is 6.14. The average molecular weight is 384 g/mol. The van der Waals surface area contributed by atoms with E-state index in [1.807, 2.05) is 6.07 Å². The van der Waals surface area contributed by atoms with Crippen LogP contribution in [0.25, 0.3) is 0 Å². The zero-order valence-electron chi connectivity index (χ0n) is 15.7. The van der Waals surface area contributed by atoms with E-state index in [1.165, 1.54) is 29.8 Å². The van der Waals surface area contributed by atoms with Crippen LogP contribution < -0.4 is 10.6 Å². The third-order valence-electron chi connectivity index (χ3n) is 4.74. The maximum absolute atomic E-state index is 12.9. The molecule has 0 atom stereocenters. The first-order chi connectivity index (χ1) is 13.6. The summed E-state index contributed by atoms with van der Waals surface area (Å²) in [5, 5.41) is 5.08. The number of anilines is 1. The first-order valence-corrected chi connectivity index (χ1v) is 9.43. The Balaban J connectivity index is 1.32. The molecule has 6 nitrogen and oxygen atoms in total. The van der Waals surface area contributed by atoms with Crippen molar-refractivity contribution >= 4 is 17.5 Å².